The number of amides is 1. The molecule has 5 nitrogen and oxygen atoms in total. The second-order valence-electron chi connectivity index (χ2n) is 7.50. The van der Waals surface area contributed by atoms with Crippen LogP contribution in [0.1, 0.15) is 47.3 Å². The number of thioether (sulfide) groups is 1. The number of benzene rings is 1. The van der Waals surface area contributed by atoms with Gasteiger partial charge in [0.25, 0.3) is 5.91 Å². The number of rotatable bonds is 5. The molecule has 0 spiro atoms. The molecule has 0 bridgehead atoms. The molecule has 2 unspecified atom stereocenters. The number of hydrogen-bond acceptors (Lipinski definition) is 5. The lowest BCUT2D eigenvalue weighted by Gasteiger charge is -2.28. The van der Waals surface area contributed by atoms with Crippen molar-refractivity contribution in [3.8, 4) is 0 Å². The maximum Gasteiger partial charge on any atom is 0.270 e. The van der Waals surface area contributed by atoms with Crippen LogP contribution in [-0.4, -0.2) is 39.4 Å². The van der Waals surface area contributed by atoms with E-state index in [1.54, 1.807) is 11.8 Å². The molecule has 0 aliphatic heterocycles. The van der Waals surface area contributed by atoms with Crippen LogP contribution in [0.5, 0.6) is 0 Å². The van der Waals surface area contributed by atoms with Crippen LogP contribution in [0.3, 0.4) is 0 Å². The lowest BCUT2D eigenvalue weighted by molar-refractivity contribution is 0.0714. The van der Waals surface area contributed by atoms with Crippen LogP contribution in [0.4, 0.5) is 0 Å². The molecule has 6 heteroatoms. The summed E-state index contributed by atoms with van der Waals surface area (Å²) in [6.07, 6.45) is 7.67. The first-order chi connectivity index (χ1) is 14.1. The summed E-state index contributed by atoms with van der Waals surface area (Å²) in [6, 6.07) is 13.6. The molecule has 2 N–H and O–H groups in total. The van der Waals surface area contributed by atoms with Gasteiger partial charge in [0.05, 0.1) is 22.7 Å². The van der Waals surface area contributed by atoms with E-state index in [1.165, 1.54) is 0 Å². The number of carbonyl (C=O) groups is 1. The number of carbonyl (C=O) groups excluding carboxylic acids is 1. The number of nitrogens with zero attached hydrogens (tertiary/aromatic N) is 2. The summed E-state index contributed by atoms with van der Waals surface area (Å²) in [5, 5.41) is 15.2. The van der Waals surface area contributed by atoms with Crippen molar-refractivity contribution in [1.82, 2.24) is 15.3 Å². The third-order valence-electron chi connectivity index (χ3n) is 5.48. The van der Waals surface area contributed by atoms with Crippen LogP contribution in [0.25, 0.3) is 10.9 Å². The normalized spacial score (nSPS) is 19.2. The molecular formula is C23H25N3O2S. The van der Waals surface area contributed by atoms with Crippen molar-refractivity contribution in [3.63, 3.8) is 0 Å². The molecule has 1 aromatic carbocycles. The number of aliphatic hydroxyl groups is 1. The Morgan fingerprint density at radius 3 is 2.79 bits per heavy atom. The molecule has 2 atom stereocenters. The summed E-state index contributed by atoms with van der Waals surface area (Å²) < 4.78 is 0. The third kappa shape index (κ3) is 4.60. The highest BCUT2D eigenvalue weighted by Gasteiger charge is 2.25. The first kappa shape index (κ1) is 19.9. The molecule has 1 saturated carbocycles. The van der Waals surface area contributed by atoms with Gasteiger partial charge in [-0.15, -0.1) is 11.8 Å². The summed E-state index contributed by atoms with van der Waals surface area (Å²) in [5.41, 5.74) is 3.33. The molecule has 2 aromatic heterocycles. The predicted octanol–water partition coefficient (Wildman–Crippen LogP) is 3.98. The van der Waals surface area contributed by atoms with Crippen LogP contribution >= 0.6 is 11.8 Å². The van der Waals surface area contributed by atoms with E-state index >= 15 is 0 Å². The van der Waals surface area contributed by atoms with Crippen molar-refractivity contribution in [2.75, 3.05) is 6.26 Å². The van der Waals surface area contributed by atoms with Gasteiger partial charge in [0.2, 0.25) is 0 Å². The molecule has 150 valence electrons. The molecule has 1 fully saturated rings. The minimum atomic E-state index is -0.478. The van der Waals surface area contributed by atoms with Gasteiger partial charge in [0.1, 0.15) is 5.69 Å². The van der Waals surface area contributed by atoms with E-state index in [9.17, 15) is 9.90 Å². The van der Waals surface area contributed by atoms with Crippen LogP contribution in [-0.2, 0) is 6.42 Å². The number of fused-ring (bicyclic) bond motifs is 1. The van der Waals surface area contributed by atoms with Gasteiger partial charge in [-0.1, -0.05) is 37.1 Å². The Balaban J connectivity index is 1.63. The Labute approximate surface area is 175 Å². The van der Waals surface area contributed by atoms with Gasteiger partial charge >= 0.3 is 0 Å². The van der Waals surface area contributed by atoms with Crippen LogP contribution < -0.4 is 5.32 Å². The SMILES string of the molecule is CSc1ccc(Cc2cc(C(=O)NC3CCCCC3O)nc3ccccc23)cn1. The molecule has 3 aromatic rings. The monoisotopic (exact) mass is 407 g/mol. The number of hydrogen-bond donors (Lipinski definition) is 2. The third-order valence-corrected chi connectivity index (χ3v) is 6.14. The maximum atomic E-state index is 12.9. The number of para-hydroxylation sites is 1. The molecular weight excluding hydrogens is 382 g/mol. The molecule has 1 aliphatic rings. The lowest BCUT2D eigenvalue weighted by atomic mass is 9.92. The summed E-state index contributed by atoms with van der Waals surface area (Å²) in [7, 11) is 0. The number of aliphatic hydroxyl groups excluding tert-OH is 1. The first-order valence-corrected chi connectivity index (χ1v) is 11.2. The second kappa shape index (κ2) is 8.93. The highest BCUT2D eigenvalue weighted by Crippen LogP contribution is 2.23. The van der Waals surface area contributed by atoms with E-state index in [0.29, 0.717) is 12.1 Å². The van der Waals surface area contributed by atoms with Crippen LogP contribution in [0, 0.1) is 0 Å². The zero-order chi connectivity index (χ0) is 20.2. The van der Waals surface area contributed by atoms with Crippen molar-refractivity contribution >= 4 is 28.6 Å². The predicted molar refractivity (Wildman–Crippen MR) is 116 cm³/mol. The second-order valence-corrected chi connectivity index (χ2v) is 8.33. The molecule has 2 heterocycles. The van der Waals surface area contributed by atoms with Crippen LogP contribution in [0.15, 0.2) is 53.7 Å². The fraction of sp³-hybridized carbons (Fsp3) is 0.348. The highest BCUT2D eigenvalue weighted by atomic mass is 32.2. The molecule has 4 rings (SSSR count). The van der Waals surface area contributed by atoms with Gasteiger partial charge in [-0.25, -0.2) is 9.97 Å². The van der Waals surface area contributed by atoms with Gasteiger partial charge in [-0.05, 0) is 54.8 Å². The van der Waals surface area contributed by atoms with Gasteiger partial charge in [0, 0.05) is 11.6 Å². The Kier molecular flexibility index (Phi) is 6.11. The standard InChI is InChI=1S/C23H25N3O2S/c1-29-22-11-10-15(14-24-22)12-16-13-20(25-18-7-3-2-6-17(16)18)23(28)26-19-8-4-5-9-21(19)27/h2-3,6-7,10-11,13-14,19,21,27H,4-5,8-9,12H2,1H3,(H,26,28). The van der Waals surface area contributed by atoms with Gasteiger partial charge < -0.3 is 10.4 Å². The van der Waals surface area contributed by atoms with E-state index in [2.05, 4.69) is 21.4 Å². The van der Waals surface area contributed by atoms with Crippen molar-refractivity contribution in [2.45, 2.75) is 49.3 Å². The molecule has 1 aliphatic carbocycles. The Morgan fingerprint density at radius 2 is 2.03 bits per heavy atom. The van der Waals surface area contributed by atoms with Crippen molar-refractivity contribution in [2.24, 2.45) is 0 Å². The zero-order valence-corrected chi connectivity index (χ0v) is 17.3. The smallest absolute Gasteiger partial charge is 0.270 e. The molecule has 0 radical (unpaired) electrons. The first-order valence-electron chi connectivity index (χ1n) is 10.0. The van der Waals surface area contributed by atoms with Crippen molar-refractivity contribution < 1.29 is 9.90 Å². The fourth-order valence-corrected chi connectivity index (χ4v) is 4.25. The minimum absolute atomic E-state index is 0.198. The summed E-state index contributed by atoms with van der Waals surface area (Å²) >= 11 is 1.61. The van der Waals surface area contributed by atoms with E-state index in [0.717, 1.165) is 52.7 Å². The Morgan fingerprint density at radius 1 is 1.21 bits per heavy atom. The number of nitrogens with one attached hydrogen (secondary N) is 1. The zero-order valence-electron chi connectivity index (χ0n) is 16.5. The van der Waals surface area contributed by atoms with E-state index in [4.69, 9.17) is 0 Å². The average molecular weight is 408 g/mol. The molecule has 29 heavy (non-hydrogen) atoms. The van der Waals surface area contributed by atoms with E-state index in [-0.39, 0.29) is 11.9 Å². The Bertz CT molecular complexity index is 1010. The summed E-state index contributed by atoms with van der Waals surface area (Å²) in [4.78, 5) is 21.9. The highest BCUT2D eigenvalue weighted by molar-refractivity contribution is 7.98. The van der Waals surface area contributed by atoms with Gasteiger partial charge in [0.15, 0.2) is 0 Å². The van der Waals surface area contributed by atoms with Gasteiger partial charge in [-0.3, -0.25) is 4.79 Å². The van der Waals surface area contributed by atoms with Crippen molar-refractivity contribution in [1.29, 1.82) is 0 Å². The molecule has 1 amide bonds. The largest absolute Gasteiger partial charge is 0.391 e. The summed E-state index contributed by atoms with van der Waals surface area (Å²) in [6.45, 7) is 0. The minimum Gasteiger partial charge on any atom is -0.391 e. The number of aromatic nitrogens is 2. The Hall–Kier alpha value is -2.44. The van der Waals surface area contributed by atoms with E-state index < -0.39 is 6.10 Å². The number of pyridine rings is 2. The van der Waals surface area contributed by atoms with Crippen LogP contribution in [0.2, 0.25) is 0 Å². The van der Waals surface area contributed by atoms with E-state index in [1.807, 2.05) is 48.9 Å². The quantitative estimate of drug-likeness (QED) is 0.626. The van der Waals surface area contributed by atoms with Gasteiger partial charge in [-0.2, -0.15) is 0 Å². The molecule has 0 saturated heterocycles. The average Bonchev–Trinajstić information content (AvgIpc) is 2.76. The fourth-order valence-electron chi connectivity index (χ4n) is 3.89. The lowest BCUT2D eigenvalue weighted by Crippen LogP contribution is -2.45. The topological polar surface area (TPSA) is 75.1 Å². The van der Waals surface area contributed by atoms with Crippen molar-refractivity contribution in [3.05, 3.63) is 65.5 Å². The maximum absolute atomic E-state index is 12.9. The summed E-state index contributed by atoms with van der Waals surface area (Å²) in [5.74, 6) is -0.223.